The topological polar surface area (TPSA) is 103 Å². The van der Waals surface area contributed by atoms with Crippen molar-refractivity contribution in [2.45, 2.75) is 0 Å². The van der Waals surface area contributed by atoms with Crippen molar-refractivity contribution in [3.63, 3.8) is 0 Å². The van der Waals surface area contributed by atoms with Crippen LogP contribution in [0.2, 0.25) is 0 Å². The first-order valence-electron chi connectivity index (χ1n) is 8.67. The minimum atomic E-state index is -0.597. The zero-order valence-corrected chi connectivity index (χ0v) is 15.3. The number of methoxy groups -OCH3 is 1. The summed E-state index contributed by atoms with van der Waals surface area (Å²) < 4.78 is 4.81. The number of para-hydroxylation sites is 1. The summed E-state index contributed by atoms with van der Waals surface area (Å²) in [6.07, 6.45) is 0. The van der Waals surface area contributed by atoms with Crippen molar-refractivity contribution in [1.29, 1.82) is 5.26 Å². The number of amides is 1. The summed E-state index contributed by atoms with van der Waals surface area (Å²) in [4.78, 5) is 26.3. The Balaban J connectivity index is 2.01. The molecule has 28 heavy (non-hydrogen) atoms. The highest BCUT2D eigenvalue weighted by Crippen LogP contribution is 2.31. The highest BCUT2D eigenvalue weighted by atomic mass is 16.5. The van der Waals surface area contributed by atoms with E-state index in [0.717, 1.165) is 11.1 Å². The molecular weight excluding hydrogens is 358 g/mol. The molecule has 2 aromatic rings. The van der Waals surface area contributed by atoms with Crippen LogP contribution in [-0.2, 0) is 14.3 Å². The number of esters is 1. The van der Waals surface area contributed by atoms with Crippen LogP contribution in [0.4, 0.5) is 5.69 Å². The number of nitriles is 1. The molecule has 2 N–H and O–H groups in total. The van der Waals surface area contributed by atoms with Crippen LogP contribution in [0.1, 0.15) is 5.56 Å². The zero-order chi connectivity index (χ0) is 20.1. The van der Waals surface area contributed by atoms with Crippen LogP contribution < -0.4 is 5.32 Å². The van der Waals surface area contributed by atoms with Gasteiger partial charge in [-0.2, -0.15) is 5.26 Å². The van der Waals surface area contributed by atoms with E-state index < -0.39 is 5.97 Å². The summed E-state index contributed by atoms with van der Waals surface area (Å²) in [5, 5.41) is 21.4. The average molecular weight is 377 g/mol. The summed E-state index contributed by atoms with van der Waals surface area (Å²) >= 11 is 0. The average Bonchev–Trinajstić information content (AvgIpc) is 3.04. The molecule has 3 rings (SSSR count). The third-order valence-electron chi connectivity index (χ3n) is 4.44. The molecule has 1 heterocycles. The van der Waals surface area contributed by atoms with E-state index in [4.69, 9.17) is 15.1 Å². The lowest BCUT2D eigenvalue weighted by molar-refractivity contribution is -0.136. The van der Waals surface area contributed by atoms with Crippen LogP contribution in [-0.4, -0.2) is 48.7 Å². The van der Waals surface area contributed by atoms with Gasteiger partial charge in [0.2, 0.25) is 0 Å². The fraction of sp³-hybridized carbons (Fsp3) is 0.190. The van der Waals surface area contributed by atoms with Gasteiger partial charge in [-0.05, 0) is 23.8 Å². The Kier molecular flexibility index (Phi) is 5.72. The van der Waals surface area contributed by atoms with Crippen LogP contribution in [0, 0.1) is 11.3 Å². The van der Waals surface area contributed by atoms with Gasteiger partial charge in [-0.15, -0.1) is 0 Å². The molecule has 2 aromatic carbocycles. The third kappa shape index (κ3) is 3.72. The number of aliphatic hydroxyl groups excluding tert-OH is 1. The van der Waals surface area contributed by atoms with Crippen LogP contribution >= 0.6 is 0 Å². The Bertz CT molecular complexity index is 991. The molecule has 1 aliphatic heterocycles. The van der Waals surface area contributed by atoms with Gasteiger partial charge in [0.25, 0.3) is 5.91 Å². The van der Waals surface area contributed by atoms with E-state index in [2.05, 4.69) is 11.4 Å². The van der Waals surface area contributed by atoms with Gasteiger partial charge in [-0.1, -0.05) is 30.3 Å². The van der Waals surface area contributed by atoms with Crippen molar-refractivity contribution in [3.8, 4) is 17.2 Å². The SMILES string of the molecule is COC(=O)C1=C(Nc2ccccc2-c2cccc(C#N)c2)C(=O)N(CCO)C1. The predicted octanol–water partition coefficient (Wildman–Crippen LogP) is 1.90. The summed E-state index contributed by atoms with van der Waals surface area (Å²) in [6, 6.07) is 16.5. The minimum Gasteiger partial charge on any atom is -0.466 e. The number of β-amino-alcohol motifs (C(OH)–C–C–N with tert-alkyl or cyclic N) is 1. The summed E-state index contributed by atoms with van der Waals surface area (Å²) in [5.41, 5.74) is 3.07. The number of ether oxygens (including phenoxy) is 1. The molecule has 0 aliphatic carbocycles. The lowest BCUT2D eigenvalue weighted by Crippen LogP contribution is -2.31. The van der Waals surface area contributed by atoms with Crippen LogP contribution in [0.25, 0.3) is 11.1 Å². The summed E-state index contributed by atoms with van der Waals surface area (Å²) in [5.74, 6) is -0.977. The van der Waals surface area contributed by atoms with E-state index >= 15 is 0 Å². The van der Waals surface area contributed by atoms with Gasteiger partial charge >= 0.3 is 5.97 Å². The number of hydrogen-bond donors (Lipinski definition) is 2. The predicted molar refractivity (Wildman–Crippen MR) is 103 cm³/mol. The monoisotopic (exact) mass is 377 g/mol. The number of benzene rings is 2. The molecule has 0 fully saturated rings. The number of nitrogens with zero attached hydrogens (tertiary/aromatic N) is 2. The van der Waals surface area contributed by atoms with Crippen LogP contribution in [0.5, 0.6) is 0 Å². The molecule has 7 nitrogen and oxygen atoms in total. The van der Waals surface area contributed by atoms with Crippen molar-refractivity contribution in [1.82, 2.24) is 4.90 Å². The highest BCUT2D eigenvalue weighted by Gasteiger charge is 2.34. The van der Waals surface area contributed by atoms with E-state index in [1.807, 2.05) is 24.3 Å². The van der Waals surface area contributed by atoms with Crippen molar-refractivity contribution < 1.29 is 19.4 Å². The summed E-state index contributed by atoms with van der Waals surface area (Å²) in [6.45, 7) is -0.0120. The molecule has 1 amide bonds. The first-order valence-corrected chi connectivity index (χ1v) is 8.67. The number of rotatable bonds is 6. The Morgan fingerprint density at radius 2 is 2.07 bits per heavy atom. The maximum absolute atomic E-state index is 12.7. The minimum absolute atomic E-state index is 0.0699. The second-order valence-electron chi connectivity index (χ2n) is 6.16. The molecule has 0 radical (unpaired) electrons. The van der Waals surface area contributed by atoms with E-state index in [1.54, 1.807) is 24.3 Å². The molecule has 0 aromatic heterocycles. The van der Waals surface area contributed by atoms with Crippen molar-refractivity contribution in [2.24, 2.45) is 0 Å². The standard InChI is InChI=1S/C21H19N3O4/c1-28-21(27)17-13-24(9-10-25)20(26)19(17)23-18-8-3-2-7-16(18)15-6-4-5-14(11-15)12-22/h2-8,11,23,25H,9-10,13H2,1H3. The van der Waals surface area contributed by atoms with E-state index in [1.165, 1.54) is 12.0 Å². The number of nitrogens with one attached hydrogen (secondary N) is 1. The second kappa shape index (κ2) is 8.37. The molecule has 0 bridgehead atoms. The normalized spacial score (nSPS) is 13.5. The highest BCUT2D eigenvalue weighted by molar-refractivity contribution is 6.09. The molecule has 0 atom stereocenters. The van der Waals surface area contributed by atoms with Crippen molar-refractivity contribution in [2.75, 3.05) is 32.1 Å². The first-order chi connectivity index (χ1) is 13.6. The first kappa shape index (κ1) is 19.1. The lowest BCUT2D eigenvalue weighted by Gasteiger charge is -2.16. The smallest absolute Gasteiger partial charge is 0.337 e. The third-order valence-corrected chi connectivity index (χ3v) is 4.44. The van der Waals surface area contributed by atoms with Crippen molar-refractivity contribution in [3.05, 3.63) is 65.4 Å². The molecule has 0 saturated carbocycles. The fourth-order valence-electron chi connectivity index (χ4n) is 3.08. The van der Waals surface area contributed by atoms with Gasteiger partial charge in [0.05, 0.1) is 37.5 Å². The largest absolute Gasteiger partial charge is 0.466 e. The van der Waals surface area contributed by atoms with Gasteiger partial charge in [-0.3, -0.25) is 4.79 Å². The molecule has 1 aliphatic rings. The molecule has 7 heteroatoms. The lowest BCUT2D eigenvalue weighted by atomic mass is 10.0. The summed E-state index contributed by atoms with van der Waals surface area (Å²) in [7, 11) is 1.26. The number of carbonyl (C=O) groups excluding carboxylic acids is 2. The van der Waals surface area contributed by atoms with Gasteiger partial charge in [0, 0.05) is 17.8 Å². The number of aliphatic hydroxyl groups is 1. The molecule has 0 saturated heterocycles. The molecular formula is C21H19N3O4. The van der Waals surface area contributed by atoms with Gasteiger partial charge in [0.1, 0.15) is 5.70 Å². The molecule has 0 unspecified atom stereocenters. The Morgan fingerprint density at radius 1 is 1.29 bits per heavy atom. The fourth-order valence-corrected chi connectivity index (χ4v) is 3.08. The van der Waals surface area contributed by atoms with Crippen LogP contribution in [0.15, 0.2) is 59.8 Å². The van der Waals surface area contributed by atoms with Crippen LogP contribution in [0.3, 0.4) is 0 Å². The molecule has 0 spiro atoms. The Hall–Kier alpha value is -3.63. The number of anilines is 1. The van der Waals surface area contributed by atoms with Gasteiger partial charge in [0.15, 0.2) is 0 Å². The van der Waals surface area contributed by atoms with E-state index in [0.29, 0.717) is 11.3 Å². The van der Waals surface area contributed by atoms with Gasteiger partial charge in [-0.25, -0.2) is 4.79 Å². The Labute approximate surface area is 162 Å². The molecule has 142 valence electrons. The quantitative estimate of drug-likeness (QED) is 0.746. The van der Waals surface area contributed by atoms with Crippen molar-refractivity contribution >= 4 is 17.6 Å². The number of hydrogen-bond acceptors (Lipinski definition) is 6. The zero-order valence-electron chi connectivity index (χ0n) is 15.3. The van der Waals surface area contributed by atoms with E-state index in [-0.39, 0.29) is 36.9 Å². The Morgan fingerprint density at radius 3 is 2.79 bits per heavy atom. The maximum Gasteiger partial charge on any atom is 0.337 e. The van der Waals surface area contributed by atoms with E-state index in [9.17, 15) is 9.59 Å². The second-order valence-corrected chi connectivity index (χ2v) is 6.16. The number of carbonyl (C=O) groups is 2. The maximum atomic E-state index is 12.7. The van der Waals surface area contributed by atoms with Gasteiger partial charge < -0.3 is 20.1 Å².